The molecule has 0 unspecified atom stereocenters. The van der Waals surface area contributed by atoms with E-state index in [4.69, 9.17) is 11.5 Å². The van der Waals surface area contributed by atoms with Crippen LogP contribution in [0.4, 0.5) is 10.7 Å². The summed E-state index contributed by atoms with van der Waals surface area (Å²) in [5.74, 6) is -0.813. The molecule has 0 aromatic carbocycles. The molecule has 1 saturated carbocycles. The molecular weight excluding hydrogens is 278 g/mol. The number of thiophene rings is 1. The van der Waals surface area contributed by atoms with Crippen molar-refractivity contribution in [2.45, 2.75) is 44.8 Å². The number of amides is 1. The second kappa shape index (κ2) is 5.80. The Bertz CT molecular complexity index is 533. The molecule has 0 saturated heterocycles. The Kier molecular flexibility index (Phi) is 4.29. The lowest BCUT2D eigenvalue weighted by Crippen LogP contribution is -2.28. The maximum absolute atomic E-state index is 11.5. The predicted octanol–water partition coefficient (Wildman–Crippen LogP) is 1.35. The van der Waals surface area contributed by atoms with Crippen molar-refractivity contribution in [3.05, 3.63) is 10.4 Å². The quantitative estimate of drug-likeness (QED) is 0.625. The number of nitrogens with one attached hydrogen (secondary N) is 1. The van der Waals surface area contributed by atoms with Crippen LogP contribution in [-0.2, 0) is 0 Å². The zero-order valence-corrected chi connectivity index (χ0v) is 12.1. The third kappa shape index (κ3) is 2.94. The third-order valence-electron chi connectivity index (χ3n) is 3.54. The van der Waals surface area contributed by atoms with E-state index in [1.54, 1.807) is 0 Å². The van der Waals surface area contributed by atoms with Gasteiger partial charge in [0.15, 0.2) is 5.78 Å². The second-order valence-corrected chi connectivity index (χ2v) is 6.14. The van der Waals surface area contributed by atoms with Crippen molar-refractivity contribution in [1.82, 2.24) is 0 Å². The molecule has 110 valence electrons. The van der Waals surface area contributed by atoms with Crippen LogP contribution < -0.4 is 16.8 Å². The Hall–Kier alpha value is -1.60. The van der Waals surface area contributed by atoms with Gasteiger partial charge in [-0.3, -0.25) is 9.59 Å². The zero-order chi connectivity index (χ0) is 14.9. The van der Waals surface area contributed by atoms with Crippen LogP contribution in [0.25, 0.3) is 0 Å². The fraction of sp³-hybridized carbons (Fsp3) is 0.538. The lowest BCUT2D eigenvalue weighted by Gasteiger charge is -2.26. The van der Waals surface area contributed by atoms with Crippen molar-refractivity contribution in [1.29, 1.82) is 0 Å². The standard InChI is InChI=1S/C13H19N3O3S/c1-6(17)11-10(14)9(12(15)19)13(20-11)16-7-2-4-8(18)5-3-7/h7-8,16,18H,2-5,14H2,1H3,(H2,15,19). The molecule has 1 heterocycles. The molecule has 1 aliphatic rings. The van der Waals surface area contributed by atoms with E-state index in [-0.39, 0.29) is 29.2 Å². The number of carbonyl (C=O) groups excluding carboxylic acids is 2. The van der Waals surface area contributed by atoms with Gasteiger partial charge in [-0.1, -0.05) is 0 Å². The van der Waals surface area contributed by atoms with E-state index >= 15 is 0 Å². The van der Waals surface area contributed by atoms with Crippen molar-refractivity contribution in [2.75, 3.05) is 11.1 Å². The van der Waals surface area contributed by atoms with Crippen LogP contribution in [0.2, 0.25) is 0 Å². The summed E-state index contributed by atoms with van der Waals surface area (Å²) in [5.41, 5.74) is 11.6. The van der Waals surface area contributed by atoms with E-state index in [0.717, 1.165) is 25.7 Å². The predicted molar refractivity (Wildman–Crippen MR) is 79.1 cm³/mol. The van der Waals surface area contributed by atoms with E-state index in [0.29, 0.717) is 9.88 Å². The smallest absolute Gasteiger partial charge is 0.253 e. The Morgan fingerprint density at radius 1 is 1.30 bits per heavy atom. The van der Waals surface area contributed by atoms with Gasteiger partial charge in [0, 0.05) is 13.0 Å². The van der Waals surface area contributed by atoms with Gasteiger partial charge in [-0.15, -0.1) is 11.3 Å². The first kappa shape index (κ1) is 14.8. The second-order valence-electron chi connectivity index (χ2n) is 5.12. The summed E-state index contributed by atoms with van der Waals surface area (Å²) in [7, 11) is 0. The van der Waals surface area contributed by atoms with Gasteiger partial charge in [0.1, 0.15) is 5.00 Å². The Morgan fingerprint density at radius 2 is 1.90 bits per heavy atom. The van der Waals surface area contributed by atoms with Gasteiger partial charge in [-0.2, -0.15) is 0 Å². The monoisotopic (exact) mass is 297 g/mol. The van der Waals surface area contributed by atoms with Crippen LogP contribution in [0, 0.1) is 0 Å². The molecule has 6 nitrogen and oxygen atoms in total. The van der Waals surface area contributed by atoms with Crippen molar-refractivity contribution >= 4 is 33.7 Å². The number of rotatable bonds is 4. The van der Waals surface area contributed by atoms with E-state index in [9.17, 15) is 14.7 Å². The molecule has 0 bridgehead atoms. The third-order valence-corrected chi connectivity index (χ3v) is 4.78. The molecule has 1 aromatic rings. The summed E-state index contributed by atoms with van der Waals surface area (Å²) >= 11 is 1.17. The summed E-state index contributed by atoms with van der Waals surface area (Å²) in [6.45, 7) is 1.41. The summed E-state index contributed by atoms with van der Waals surface area (Å²) in [5, 5.41) is 13.3. The van der Waals surface area contributed by atoms with Crippen molar-refractivity contribution in [3.63, 3.8) is 0 Å². The number of Topliss-reactive ketones (excluding diaryl/α,β-unsaturated/α-hetero) is 1. The molecule has 2 rings (SSSR count). The van der Waals surface area contributed by atoms with Crippen molar-refractivity contribution in [3.8, 4) is 0 Å². The maximum Gasteiger partial charge on any atom is 0.253 e. The van der Waals surface area contributed by atoms with Crippen LogP contribution in [0.5, 0.6) is 0 Å². The van der Waals surface area contributed by atoms with Gasteiger partial charge in [0.2, 0.25) is 0 Å². The first-order chi connectivity index (χ1) is 9.40. The largest absolute Gasteiger partial charge is 0.397 e. The molecule has 0 aliphatic heterocycles. The van der Waals surface area contributed by atoms with Crippen LogP contribution in [0.3, 0.4) is 0 Å². The molecule has 1 fully saturated rings. The molecule has 1 amide bonds. The first-order valence-corrected chi connectivity index (χ1v) is 7.39. The summed E-state index contributed by atoms with van der Waals surface area (Å²) in [4.78, 5) is 23.4. The van der Waals surface area contributed by atoms with E-state index in [1.807, 2.05) is 0 Å². The maximum atomic E-state index is 11.5. The number of anilines is 2. The Balaban J connectivity index is 2.24. The van der Waals surface area contributed by atoms with Crippen LogP contribution in [0.15, 0.2) is 0 Å². The summed E-state index contributed by atoms with van der Waals surface area (Å²) in [6, 6.07) is 0.161. The number of primary amides is 1. The molecule has 20 heavy (non-hydrogen) atoms. The number of ketones is 1. The topological polar surface area (TPSA) is 118 Å². The lowest BCUT2D eigenvalue weighted by atomic mass is 9.93. The average Bonchev–Trinajstić information content (AvgIpc) is 2.69. The van der Waals surface area contributed by atoms with Crippen LogP contribution in [0.1, 0.15) is 52.6 Å². The highest BCUT2D eigenvalue weighted by Crippen LogP contribution is 2.37. The highest BCUT2D eigenvalue weighted by atomic mass is 32.1. The van der Waals surface area contributed by atoms with Gasteiger partial charge in [0.25, 0.3) is 5.91 Å². The number of hydrogen-bond donors (Lipinski definition) is 4. The normalized spacial score (nSPS) is 22.5. The minimum absolute atomic E-state index is 0.161. The van der Waals surface area contributed by atoms with Gasteiger partial charge >= 0.3 is 0 Å². The Morgan fingerprint density at radius 3 is 2.40 bits per heavy atom. The minimum Gasteiger partial charge on any atom is -0.397 e. The van der Waals surface area contributed by atoms with Crippen molar-refractivity contribution in [2.24, 2.45) is 5.73 Å². The highest BCUT2D eigenvalue weighted by Gasteiger charge is 2.25. The fourth-order valence-corrected chi connectivity index (χ4v) is 3.56. The number of nitrogen functional groups attached to an aromatic ring is 1. The molecule has 1 aliphatic carbocycles. The van der Waals surface area contributed by atoms with Gasteiger partial charge in [-0.05, 0) is 25.7 Å². The van der Waals surface area contributed by atoms with E-state index in [2.05, 4.69) is 5.32 Å². The number of nitrogens with two attached hydrogens (primary N) is 2. The van der Waals surface area contributed by atoms with Gasteiger partial charge < -0.3 is 21.9 Å². The zero-order valence-electron chi connectivity index (χ0n) is 11.3. The highest BCUT2D eigenvalue weighted by molar-refractivity contribution is 7.19. The number of carbonyl (C=O) groups is 2. The van der Waals surface area contributed by atoms with Gasteiger partial charge in [0.05, 0.1) is 22.2 Å². The van der Waals surface area contributed by atoms with Crippen LogP contribution in [-0.4, -0.2) is 28.9 Å². The molecule has 1 aromatic heterocycles. The molecular formula is C13H19N3O3S. The average molecular weight is 297 g/mol. The Labute approximate surface area is 121 Å². The molecule has 7 heteroatoms. The molecule has 0 spiro atoms. The number of hydrogen-bond acceptors (Lipinski definition) is 6. The number of aliphatic hydroxyl groups is 1. The fourth-order valence-electron chi connectivity index (χ4n) is 2.46. The summed E-state index contributed by atoms with van der Waals surface area (Å²) < 4.78 is 0. The van der Waals surface area contributed by atoms with Crippen molar-refractivity contribution < 1.29 is 14.7 Å². The van der Waals surface area contributed by atoms with Crippen LogP contribution >= 0.6 is 11.3 Å². The van der Waals surface area contributed by atoms with E-state index < -0.39 is 5.91 Å². The molecule has 6 N–H and O–H groups in total. The van der Waals surface area contributed by atoms with E-state index in [1.165, 1.54) is 18.3 Å². The minimum atomic E-state index is -0.635. The first-order valence-electron chi connectivity index (χ1n) is 6.57. The molecule has 0 atom stereocenters. The SMILES string of the molecule is CC(=O)c1sc(NC2CCC(O)CC2)c(C(N)=O)c1N. The lowest BCUT2D eigenvalue weighted by molar-refractivity contribution is 0.100. The van der Waals surface area contributed by atoms with Gasteiger partial charge in [-0.25, -0.2) is 0 Å². The summed E-state index contributed by atoms with van der Waals surface area (Å²) in [6.07, 6.45) is 2.83. The number of aliphatic hydroxyl groups excluding tert-OH is 1. The molecule has 0 radical (unpaired) electrons.